The molecule has 1 heterocycles. The lowest BCUT2D eigenvalue weighted by Gasteiger charge is -2.40. The molecule has 1 aliphatic carbocycles. The molecule has 1 saturated heterocycles. The van der Waals surface area contributed by atoms with E-state index in [1.54, 1.807) is 11.0 Å². The van der Waals surface area contributed by atoms with Crippen molar-refractivity contribution in [2.75, 3.05) is 6.54 Å². The minimum atomic E-state index is -0.732. The Hall–Kier alpha value is -2.43. The van der Waals surface area contributed by atoms with E-state index in [2.05, 4.69) is 17.5 Å². The normalized spacial score (nSPS) is 23.4. The fraction of sp³-hybridized carbons (Fsp3) is 0.476. The zero-order valence-electron chi connectivity index (χ0n) is 15.6. The third-order valence-corrected chi connectivity index (χ3v) is 5.60. The summed E-state index contributed by atoms with van der Waals surface area (Å²) in [5.74, 6) is -0.702. The highest BCUT2D eigenvalue weighted by molar-refractivity contribution is 6.09. The molecule has 2 aliphatic rings. The molecule has 0 radical (unpaired) electrons. The fourth-order valence-corrected chi connectivity index (χ4v) is 3.85. The van der Waals surface area contributed by atoms with Gasteiger partial charge in [-0.15, -0.1) is 0 Å². The standard InChI is InChI=1S/C21H26N2O3/c1-4-17-18(19(24)16-10-9-13(2)14(3)11-16)23(21(26)22-20(17)25)12-15-7-5-6-8-15/h5-6,9-11,15,17-18H,4,7-8,12H2,1-3H3,(H,22,25,26). The van der Waals surface area contributed by atoms with Gasteiger partial charge in [0.2, 0.25) is 5.91 Å². The molecule has 1 aromatic carbocycles. The Bertz CT molecular complexity index is 761. The van der Waals surface area contributed by atoms with E-state index < -0.39 is 18.0 Å². The van der Waals surface area contributed by atoms with Gasteiger partial charge in [0, 0.05) is 12.1 Å². The van der Waals surface area contributed by atoms with E-state index in [1.165, 1.54) is 0 Å². The predicted molar refractivity (Wildman–Crippen MR) is 99.9 cm³/mol. The first-order valence-corrected chi connectivity index (χ1v) is 9.30. The molecule has 5 heteroatoms. The van der Waals surface area contributed by atoms with Crippen molar-refractivity contribution in [1.82, 2.24) is 10.2 Å². The van der Waals surface area contributed by atoms with Gasteiger partial charge in [-0.2, -0.15) is 0 Å². The number of carbonyl (C=O) groups excluding carboxylic acids is 3. The molecule has 138 valence electrons. The van der Waals surface area contributed by atoms with Gasteiger partial charge in [0.25, 0.3) is 0 Å². The number of hydrogen-bond donors (Lipinski definition) is 1. The van der Waals surface area contributed by atoms with Gasteiger partial charge < -0.3 is 4.90 Å². The van der Waals surface area contributed by atoms with Crippen molar-refractivity contribution in [1.29, 1.82) is 0 Å². The van der Waals surface area contributed by atoms with E-state index in [4.69, 9.17) is 0 Å². The van der Waals surface area contributed by atoms with Crippen molar-refractivity contribution >= 4 is 17.7 Å². The van der Waals surface area contributed by atoms with Crippen LogP contribution in [0.25, 0.3) is 0 Å². The van der Waals surface area contributed by atoms with Crippen LogP contribution in [0.4, 0.5) is 4.79 Å². The molecule has 5 nitrogen and oxygen atoms in total. The number of carbonyl (C=O) groups is 3. The summed E-state index contributed by atoms with van der Waals surface area (Å²) in [4.78, 5) is 39.8. The highest BCUT2D eigenvalue weighted by Gasteiger charge is 2.45. The summed E-state index contributed by atoms with van der Waals surface area (Å²) in [6, 6.07) is 4.39. The molecule has 3 amide bonds. The number of nitrogens with zero attached hydrogens (tertiary/aromatic N) is 1. The highest BCUT2D eigenvalue weighted by Crippen LogP contribution is 2.28. The van der Waals surface area contributed by atoms with Crippen LogP contribution < -0.4 is 5.32 Å². The molecule has 2 atom stereocenters. The van der Waals surface area contributed by atoms with Crippen LogP contribution in [0.2, 0.25) is 0 Å². The van der Waals surface area contributed by atoms with Crippen molar-refractivity contribution in [3.63, 3.8) is 0 Å². The first-order valence-electron chi connectivity index (χ1n) is 9.30. The van der Waals surface area contributed by atoms with Crippen LogP contribution in [0, 0.1) is 25.7 Å². The fourth-order valence-electron chi connectivity index (χ4n) is 3.85. The van der Waals surface area contributed by atoms with Gasteiger partial charge in [-0.1, -0.05) is 31.2 Å². The molecule has 1 fully saturated rings. The molecule has 1 N–H and O–H groups in total. The van der Waals surface area contributed by atoms with E-state index >= 15 is 0 Å². The number of hydrogen-bond acceptors (Lipinski definition) is 3. The molecule has 2 unspecified atom stereocenters. The van der Waals surface area contributed by atoms with Crippen LogP contribution in [0.3, 0.4) is 0 Å². The van der Waals surface area contributed by atoms with Gasteiger partial charge in [0.15, 0.2) is 5.78 Å². The molecule has 0 saturated carbocycles. The number of benzene rings is 1. The number of rotatable bonds is 5. The Morgan fingerprint density at radius 3 is 2.46 bits per heavy atom. The molecule has 0 aromatic heterocycles. The SMILES string of the molecule is CCC1C(=O)NC(=O)N(CC2CC=CC2)C1C(=O)c1ccc(C)c(C)c1. The second-order valence-electron chi connectivity index (χ2n) is 7.38. The van der Waals surface area contributed by atoms with Crippen LogP contribution in [-0.4, -0.2) is 35.2 Å². The van der Waals surface area contributed by atoms with Crippen molar-refractivity contribution in [3.05, 3.63) is 47.0 Å². The molecule has 0 spiro atoms. The first-order chi connectivity index (χ1) is 12.4. The maximum atomic E-state index is 13.3. The molecular weight excluding hydrogens is 328 g/mol. The summed E-state index contributed by atoms with van der Waals surface area (Å²) in [5.41, 5.74) is 2.70. The lowest BCUT2D eigenvalue weighted by Crippen LogP contribution is -2.63. The number of ketones is 1. The number of nitrogens with one attached hydrogen (secondary N) is 1. The third-order valence-electron chi connectivity index (χ3n) is 5.60. The molecule has 1 aromatic rings. The van der Waals surface area contributed by atoms with Crippen LogP contribution in [0.15, 0.2) is 30.4 Å². The second-order valence-corrected chi connectivity index (χ2v) is 7.38. The molecular formula is C21H26N2O3. The number of urea groups is 1. The Labute approximate surface area is 154 Å². The summed E-state index contributed by atoms with van der Waals surface area (Å²) >= 11 is 0. The van der Waals surface area contributed by atoms with Crippen molar-refractivity contribution < 1.29 is 14.4 Å². The Morgan fingerprint density at radius 1 is 1.15 bits per heavy atom. The first kappa shape index (κ1) is 18.4. The maximum absolute atomic E-state index is 13.3. The quantitative estimate of drug-likeness (QED) is 0.651. The number of amides is 3. The summed E-state index contributed by atoms with van der Waals surface area (Å²) in [7, 11) is 0. The average molecular weight is 354 g/mol. The smallest absolute Gasteiger partial charge is 0.313 e. The van der Waals surface area contributed by atoms with Crippen molar-refractivity contribution in [3.8, 4) is 0 Å². The zero-order valence-corrected chi connectivity index (χ0v) is 15.6. The molecule has 1 aliphatic heterocycles. The van der Waals surface area contributed by atoms with Crippen LogP contribution in [0.5, 0.6) is 0 Å². The van der Waals surface area contributed by atoms with Gasteiger partial charge in [-0.05, 0) is 56.2 Å². The minimum absolute atomic E-state index is 0.144. The van der Waals surface area contributed by atoms with Crippen molar-refractivity contribution in [2.24, 2.45) is 11.8 Å². The van der Waals surface area contributed by atoms with Gasteiger partial charge in [0.05, 0.1) is 5.92 Å². The monoisotopic (exact) mass is 354 g/mol. The van der Waals surface area contributed by atoms with Crippen LogP contribution >= 0.6 is 0 Å². The number of Topliss-reactive ketones (excluding diaryl/α,β-unsaturated/α-hetero) is 1. The average Bonchev–Trinajstić information content (AvgIpc) is 3.12. The molecule has 26 heavy (non-hydrogen) atoms. The maximum Gasteiger partial charge on any atom is 0.324 e. The number of allylic oxidation sites excluding steroid dienone is 2. The van der Waals surface area contributed by atoms with E-state index in [9.17, 15) is 14.4 Å². The van der Waals surface area contributed by atoms with Crippen LogP contribution in [0.1, 0.15) is 47.7 Å². The van der Waals surface area contributed by atoms with Gasteiger partial charge >= 0.3 is 6.03 Å². The second kappa shape index (κ2) is 7.44. The van der Waals surface area contributed by atoms with Gasteiger partial charge in [0.1, 0.15) is 6.04 Å². The van der Waals surface area contributed by atoms with Gasteiger partial charge in [-0.25, -0.2) is 4.79 Å². The summed E-state index contributed by atoms with van der Waals surface area (Å²) in [6.07, 6.45) is 6.53. The largest absolute Gasteiger partial charge is 0.324 e. The Balaban J connectivity index is 1.94. The van der Waals surface area contributed by atoms with E-state index in [0.717, 1.165) is 24.0 Å². The highest BCUT2D eigenvalue weighted by atomic mass is 16.2. The number of imide groups is 1. The summed E-state index contributed by atoms with van der Waals surface area (Å²) in [6.45, 7) is 6.33. The molecule has 3 rings (SSSR count). The van der Waals surface area contributed by atoms with E-state index in [1.807, 2.05) is 32.9 Å². The van der Waals surface area contributed by atoms with E-state index in [0.29, 0.717) is 24.4 Å². The molecule has 0 bridgehead atoms. The predicted octanol–water partition coefficient (Wildman–Crippen LogP) is 3.40. The Morgan fingerprint density at radius 2 is 1.85 bits per heavy atom. The third kappa shape index (κ3) is 3.43. The zero-order chi connectivity index (χ0) is 18.8. The lowest BCUT2D eigenvalue weighted by atomic mass is 9.85. The number of aryl methyl sites for hydroxylation is 2. The van der Waals surface area contributed by atoms with Gasteiger partial charge in [-0.3, -0.25) is 14.9 Å². The summed E-state index contributed by atoms with van der Waals surface area (Å²) < 4.78 is 0. The Kier molecular flexibility index (Phi) is 5.25. The summed E-state index contributed by atoms with van der Waals surface area (Å²) in [5, 5.41) is 2.44. The lowest BCUT2D eigenvalue weighted by molar-refractivity contribution is -0.127. The minimum Gasteiger partial charge on any atom is -0.313 e. The van der Waals surface area contributed by atoms with E-state index in [-0.39, 0.29) is 11.7 Å². The van der Waals surface area contributed by atoms with Crippen LogP contribution in [-0.2, 0) is 4.79 Å². The van der Waals surface area contributed by atoms with Crippen molar-refractivity contribution in [2.45, 2.75) is 46.1 Å². The topological polar surface area (TPSA) is 66.5 Å².